The fourth-order valence-electron chi connectivity index (χ4n) is 1.62. The molecule has 0 N–H and O–H groups in total. The van der Waals surface area contributed by atoms with Crippen LogP contribution in [0.25, 0.3) is 0 Å². The van der Waals surface area contributed by atoms with Gasteiger partial charge in [-0.15, -0.1) is 0 Å². The Labute approximate surface area is 72.7 Å². The highest BCUT2D eigenvalue weighted by Gasteiger charge is 2.30. The van der Waals surface area contributed by atoms with Crippen LogP contribution in [0.1, 0.15) is 27.2 Å². The van der Waals surface area contributed by atoms with Crippen LogP contribution in [0.2, 0.25) is 0 Å². The van der Waals surface area contributed by atoms with E-state index in [1.165, 1.54) is 0 Å². The highest BCUT2D eigenvalue weighted by atomic mass is 16.2. The van der Waals surface area contributed by atoms with E-state index in [1.807, 2.05) is 13.8 Å². The zero-order valence-electron chi connectivity index (χ0n) is 7.83. The largest absolute Gasteiger partial charge is 0.339 e. The van der Waals surface area contributed by atoms with Gasteiger partial charge in [0.15, 0.2) is 0 Å². The zero-order valence-corrected chi connectivity index (χ0v) is 7.83. The second kappa shape index (κ2) is 3.25. The van der Waals surface area contributed by atoms with Gasteiger partial charge in [0.05, 0.1) is 0 Å². The average Bonchev–Trinajstić information content (AvgIpc) is 1.96. The van der Waals surface area contributed by atoms with Crippen molar-refractivity contribution in [1.29, 1.82) is 0 Å². The highest BCUT2D eigenvalue weighted by Crippen LogP contribution is 2.18. The molecule has 1 saturated heterocycles. The van der Waals surface area contributed by atoms with Gasteiger partial charge in [0.2, 0.25) is 5.91 Å². The van der Waals surface area contributed by atoms with Gasteiger partial charge in [-0.1, -0.05) is 6.92 Å². The Morgan fingerprint density at radius 3 is 2.58 bits per heavy atom. The maximum absolute atomic E-state index is 11.2. The molecule has 0 aliphatic carbocycles. The molecule has 0 bridgehead atoms. The molecule has 0 unspecified atom stereocenters. The Balaban J connectivity index is 2.67. The molecular formula is C9H15NO2. The van der Waals surface area contributed by atoms with E-state index in [0.717, 1.165) is 0 Å². The molecule has 1 aliphatic heterocycles. The van der Waals surface area contributed by atoms with E-state index < -0.39 is 0 Å². The smallest absolute Gasteiger partial charge is 0.219 e. The Morgan fingerprint density at radius 1 is 1.50 bits per heavy atom. The monoisotopic (exact) mass is 169 g/mol. The van der Waals surface area contributed by atoms with Crippen molar-refractivity contribution >= 4 is 11.7 Å². The van der Waals surface area contributed by atoms with E-state index in [-0.39, 0.29) is 23.7 Å². The van der Waals surface area contributed by atoms with Crippen molar-refractivity contribution in [3.8, 4) is 0 Å². The molecule has 0 aromatic rings. The van der Waals surface area contributed by atoms with Crippen LogP contribution in [0.3, 0.4) is 0 Å². The lowest BCUT2D eigenvalue weighted by atomic mass is 9.93. The standard InChI is InChI=1S/C9H15NO2/c1-6-5-10(8(3)11)7(2)4-9(6)12/h6-7H,4-5H2,1-3H3/t6-,7+/m0/s1. The van der Waals surface area contributed by atoms with Crippen LogP contribution in [-0.2, 0) is 9.59 Å². The van der Waals surface area contributed by atoms with Crippen molar-refractivity contribution in [3.05, 3.63) is 0 Å². The molecular weight excluding hydrogens is 154 g/mol. The SMILES string of the molecule is CC(=O)N1C[C@H](C)C(=O)C[C@H]1C. The molecule has 1 aliphatic rings. The van der Waals surface area contributed by atoms with Crippen LogP contribution in [-0.4, -0.2) is 29.2 Å². The van der Waals surface area contributed by atoms with E-state index in [2.05, 4.69) is 0 Å². The summed E-state index contributed by atoms with van der Waals surface area (Å²) in [6.45, 7) is 5.95. The van der Waals surface area contributed by atoms with Crippen LogP contribution >= 0.6 is 0 Å². The van der Waals surface area contributed by atoms with Gasteiger partial charge in [0.1, 0.15) is 5.78 Å². The molecule has 3 nitrogen and oxygen atoms in total. The van der Waals surface area contributed by atoms with Gasteiger partial charge in [-0.2, -0.15) is 0 Å². The number of likely N-dealkylation sites (tertiary alicyclic amines) is 1. The summed E-state index contributed by atoms with van der Waals surface area (Å²) >= 11 is 0. The summed E-state index contributed by atoms with van der Waals surface area (Å²) in [5.74, 6) is 0.368. The number of carbonyl (C=O) groups excluding carboxylic acids is 2. The summed E-state index contributed by atoms with van der Waals surface area (Å²) in [4.78, 5) is 24.1. The molecule has 1 fully saturated rings. The van der Waals surface area contributed by atoms with Crippen molar-refractivity contribution in [2.45, 2.75) is 33.2 Å². The third kappa shape index (κ3) is 1.65. The molecule has 1 rings (SSSR count). The molecule has 12 heavy (non-hydrogen) atoms. The molecule has 1 heterocycles. The first-order valence-electron chi connectivity index (χ1n) is 4.32. The number of carbonyl (C=O) groups is 2. The molecule has 3 heteroatoms. The minimum absolute atomic E-state index is 0.0186. The Hall–Kier alpha value is -0.860. The number of nitrogens with zero attached hydrogens (tertiary/aromatic N) is 1. The van der Waals surface area contributed by atoms with Crippen LogP contribution < -0.4 is 0 Å². The zero-order chi connectivity index (χ0) is 9.30. The molecule has 68 valence electrons. The van der Waals surface area contributed by atoms with Crippen LogP contribution in [0.15, 0.2) is 0 Å². The van der Waals surface area contributed by atoms with Crippen LogP contribution in [0, 0.1) is 5.92 Å². The lowest BCUT2D eigenvalue weighted by molar-refractivity contribution is -0.138. The first-order chi connectivity index (χ1) is 5.52. The van der Waals surface area contributed by atoms with Gasteiger partial charge < -0.3 is 4.90 Å². The Morgan fingerprint density at radius 2 is 2.08 bits per heavy atom. The lowest BCUT2D eigenvalue weighted by Gasteiger charge is -2.35. The summed E-state index contributed by atoms with van der Waals surface area (Å²) in [7, 11) is 0. The number of hydrogen-bond donors (Lipinski definition) is 0. The minimum Gasteiger partial charge on any atom is -0.339 e. The van der Waals surface area contributed by atoms with Crippen molar-refractivity contribution < 1.29 is 9.59 Å². The molecule has 0 radical (unpaired) electrons. The third-order valence-corrected chi connectivity index (χ3v) is 2.45. The summed E-state index contributed by atoms with van der Waals surface area (Å²) < 4.78 is 0. The number of rotatable bonds is 0. The van der Waals surface area contributed by atoms with Crippen molar-refractivity contribution in [3.63, 3.8) is 0 Å². The van der Waals surface area contributed by atoms with E-state index in [9.17, 15) is 9.59 Å². The third-order valence-electron chi connectivity index (χ3n) is 2.45. The topological polar surface area (TPSA) is 37.4 Å². The first-order valence-corrected chi connectivity index (χ1v) is 4.32. The molecule has 1 amide bonds. The number of piperidine rings is 1. The number of Topliss-reactive ketones (excluding diaryl/α,β-unsaturated/α-hetero) is 1. The second-order valence-electron chi connectivity index (χ2n) is 3.59. The van der Waals surface area contributed by atoms with Gasteiger partial charge in [-0.3, -0.25) is 9.59 Å². The molecule has 0 aromatic carbocycles. The van der Waals surface area contributed by atoms with E-state index in [1.54, 1.807) is 11.8 Å². The van der Waals surface area contributed by atoms with Gasteiger partial charge >= 0.3 is 0 Å². The average molecular weight is 169 g/mol. The summed E-state index contributed by atoms with van der Waals surface area (Å²) in [5, 5.41) is 0. The van der Waals surface area contributed by atoms with Crippen molar-refractivity contribution in [1.82, 2.24) is 4.90 Å². The van der Waals surface area contributed by atoms with Gasteiger partial charge in [-0.05, 0) is 6.92 Å². The Kier molecular flexibility index (Phi) is 2.50. The minimum atomic E-state index is 0.0186. The van der Waals surface area contributed by atoms with Crippen LogP contribution in [0.4, 0.5) is 0 Å². The quantitative estimate of drug-likeness (QED) is 0.538. The molecule has 2 atom stereocenters. The number of amides is 1. The summed E-state index contributed by atoms with van der Waals surface area (Å²) in [5.41, 5.74) is 0. The van der Waals surface area contributed by atoms with Crippen molar-refractivity contribution in [2.24, 2.45) is 5.92 Å². The van der Waals surface area contributed by atoms with E-state index in [0.29, 0.717) is 13.0 Å². The Bertz CT molecular complexity index is 213. The fraction of sp³-hybridized carbons (Fsp3) is 0.778. The lowest BCUT2D eigenvalue weighted by Crippen LogP contribution is -2.47. The second-order valence-corrected chi connectivity index (χ2v) is 3.59. The van der Waals surface area contributed by atoms with E-state index in [4.69, 9.17) is 0 Å². The molecule has 0 saturated carbocycles. The molecule has 0 aromatic heterocycles. The van der Waals surface area contributed by atoms with Gasteiger partial charge in [-0.25, -0.2) is 0 Å². The van der Waals surface area contributed by atoms with Gasteiger partial charge in [0.25, 0.3) is 0 Å². The van der Waals surface area contributed by atoms with Gasteiger partial charge in [0, 0.05) is 31.8 Å². The normalized spacial score (nSPS) is 30.6. The number of ketones is 1. The van der Waals surface area contributed by atoms with Crippen molar-refractivity contribution in [2.75, 3.05) is 6.54 Å². The maximum Gasteiger partial charge on any atom is 0.219 e. The van der Waals surface area contributed by atoms with Crippen LogP contribution in [0.5, 0.6) is 0 Å². The summed E-state index contributed by atoms with van der Waals surface area (Å²) in [6.07, 6.45) is 0.515. The first kappa shape index (κ1) is 9.23. The number of hydrogen-bond acceptors (Lipinski definition) is 2. The predicted octanol–water partition coefficient (Wildman–Crippen LogP) is 0.832. The molecule has 0 spiro atoms. The highest BCUT2D eigenvalue weighted by molar-refractivity contribution is 5.85. The fourth-order valence-corrected chi connectivity index (χ4v) is 1.62. The summed E-state index contributed by atoms with van der Waals surface area (Å²) in [6, 6.07) is 0.0891. The van der Waals surface area contributed by atoms with E-state index >= 15 is 0 Å². The maximum atomic E-state index is 11.2. The predicted molar refractivity (Wildman–Crippen MR) is 45.6 cm³/mol.